The monoisotopic (exact) mass is 523 g/mol. The number of hydrogen-bond acceptors (Lipinski definition) is 5. The van der Waals surface area contributed by atoms with Crippen LogP contribution in [0.3, 0.4) is 0 Å². The standard InChI is InChI=1S/C28H33N3O5S/c1-20-13-15-25(16-14-20)37(34,35)31(26-12-7-6-9-21(26)2)19-27(32)30(22(3)28(33)29-4)18-23-10-8-11-24(17-23)36-5/h6-17,22H,18-19H2,1-5H3,(H,29,33). The molecule has 0 spiro atoms. The third kappa shape index (κ3) is 6.48. The highest BCUT2D eigenvalue weighted by molar-refractivity contribution is 7.92. The molecule has 1 atom stereocenters. The van der Waals surface area contributed by atoms with E-state index in [4.69, 9.17) is 4.74 Å². The lowest BCUT2D eigenvalue weighted by molar-refractivity contribution is -0.139. The molecule has 0 heterocycles. The van der Waals surface area contributed by atoms with Gasteiger partial charge in [-0.2, -0.15) is 0 Å². The van der Waals surface area contributed by atoms with Gasteiger partial charge in [0.25, 0.3) is 10.0 Å². The fraction of sp³-hybridized carbons (Fsp3) is 0.286. The Labute approximate surface area is 218 Å². The number of carbonyl (C=O) groups is 2. The number of amides is 2. The van der Waals surface area contributed by atoms with Crippen molar-refractivity contribution in [2.24, 2.45) is 0 Å². The summed E-state index contributed by atoms with van der Waals surface area (Å²) in [6, 6.07) is 19.8. The van der Waals surface area contributed by atoms with Gasteiger partial charge >= 0.3 is 0 Å². The zero-order chi connectivity index (χ0) is 27.2. The highest BCUT2D eigenvalue weighted by Gasteiger charge is 2.32. The largest absolute Gasteiger partial charge is 0.497 e. The number of hydrogen-bond donors (Lipinski definition) is 1. The molecule has 1 unspecified atom stereocenters. The van der Waals surface area contributed by atoms with Crippen LogP contribution in [-0.2, 0) is 26.2 Å². The molecule has 9 heteroatoms. The average molecular weight is 524 g/mol. The molecule has 0 radical (unpaired) electrons. The van der Waals surface area contributed by atoms with Gasteiger partial charge in [-0.1, -0.05) is 48.0 Å². The van der Waals surface area contributed by atoms with Gasteiger partial charge in [-0.15, -0.1) is 0 Å². The lowest BCUT2D eigenvalue weighted by Gasteiger charge is -2.32. The predicted molar refractivity (Wildman–Crippen MR) is 144 cm³/mol. The van der Waals surface area contributed by atoms with Crippen molar-refractivity contribution in [2.45, 2.75) is 38.3 Å². The minimum absolute atomic E-state index is 0.0767. The summed E-state index contributed by atoms with van der Waals surface area (Å²) in [5.74, 6) is -0.265. The van der Waals surface area contributed by atoms with E-state index in [1.165, 1.54) is 24.1 Å². The van der Waals surface area contributed by atoms with Crippen LogP contribution in [0.4, 0.5) is 5.69 Å². The Morgan fingerprint density at radius 2 is 1.65 bits per heavy atom. The lowest BCUT2D eigenvalue weighted by atomic mass is 10.1. The second kappa shape index (κ2) is 11.9. The first-order valence-electron chi connectivity index (χ1n) is 11.9. The number of para-hydroxylation sites is 1. The summed E-state index contributed by atoms with van der Waals surface area (Å²) >= 11 is 0. The summed E-state index contributed by atoms with van der Waals surface area (Å²) in [6.45, 7) is 4.89. The van der Waals surface area contributed by atoms with Crippen molar-refractivity contribution in [2.75, 3.05) is 25.0 Å². The summed E-state index contributed by atoms with van der Waals surface area (Å²) in [4.78, 5) is 27.8. The minimum atomic E-state index is -4.09. The number of carbonyl (C=O) groups excluding carboxylic acids is 2. The maximum atomic E-state index is 13.8. The summed E-state index contributed by atoms with van der Waals surface area (Å²) in [6.07, 6.45) is 0. The first-order chi connectivity index (χ1) is 17.6. The topological polar surface area (TPSA) is 96.0 Å². The summed E-state index contributed by atoms with van der Waals surface area (Å²) < 4.78 is 34.0. The van der Waals surface area contributed by atoms with Gasteiger partial charge in [-0.05, 0) is 62.2 Å². The van der Waals surface area contributed by atoms with E-state index in [0.717, 1.165) is 15.4 Å². The van der Waals surface area contributed by atoms with E-state index < -0.39 is 28.5 Å². The van der Waals surface area contributed by atoms with Crippen molar-refractivity contribution in [1.82, 2.24) is 10.2 Å². The Bertz CT molecular complexity index is 1360. The highest BCUT2D eigenvalue weighted by Crippen LogP contribution is 2.27. The van der Waals surface area contributed by atoms with Crippen LogP contribution in [-0.4, -0.2) is 51.9 Å². The Morgan fingerprint density at radius 1 is 0.973 bits per heavy atom. The van der Waals surface area contributed by atoms with Crippen LogP contribution in [0.5, 0.6) is 5.75 Å². The predicted octanol–water partition coefficient (Wildman–Crippen LogP) is 3.67. The Kier molecular flexibility index (Phi) is 8.94. The SMILES string of the molecule is CNC(=O)C(C)N(Cc1cccc(OC)c1)C(=O)CN(c1ccccc1C)S(=O)(=O)c1ccc(C)cc1. The molecular weight excluding hydrogens is 490 g/mol. The molecule has 0 bridgehead atoms. The number of rotatable bonds is 10. The molecule has 0 aliphatic rings. The van der Waals surface area contributed by atoms with Gasteiger partial charge in [0.05, 0.1) is 17.7 Å². The van der Waals surface area contributed by atoms with E-state index >= 15 is 0 Å². The quantitative estimate of drug-likeness (QED) is 0.438. The molecule has 0 aliphatic heterocycles. The summed E-state index contributed by atoms with van der Waals surface area (Å²) in [5, 5.41) is 2.57. The van der Waals surface area contributed by atoms with Crippen molar-refractivity contribution in [1.29, 1.82) is 0 Å². The number of nitrogens with one attached hydrogen (secondary N) is 1. The van der Waals surface area contributed by atoms with Gasteiger partial charge in [-0.3, -0.25) is 13.9 Å². The Balaban J connectivity index is 2.04. The maximum absolute atomic E-state index is 13.8. The number of sulfonamides is 1. The molecule has 3 aromatic carbocycles. The Hall–Kier alpha value is -3.85. The zero-order valence-corrected chi connectivity index (χ0v) is 22.6. The smallest absolute Gasteiger partial charge is 0.264 e. The molecule has 0 saturated heterocycles. The van der Waals surface area contributed by atoms with E-state index in [1.807, 2.05) is 13.0 Å². The fourth-order valence-electron chi connectivity index (χ4n) is 3.95. The van der Waals surface area contributed by atoms with Crippen LogP contribution in [0.2, 0.25) is 0 Å². The number of nitrogens with zero attached hydrogens (tertiary/aromatic N) is 2. The van der Waals surface area contributed by atoms with Crippen molar-refractivity contribution in [3.05, 3.63) is 89.5 Å². The lowest BCUT2D eigenvalue weighted by Crippen LogP contribution is -2.50. The molecule has 0 aromatic heterocycles. The Morgan fingerprint density at radius 3 is 2.27 bits per heavy atom. The molecule has 0 saturated carbocycles. The molecule has 2 amide bonds. The van der Waals surface area contributed by atoms with E-state index in [1.54, 1.807) is 75.6 Å². The average Bonchev–Trinajstić information content (AvgIpc) is 2.90. The third-order valence-corrected chi connectivity index (χ3v) is 7.95. The number of aryl methyl sites for hydroxylation is 2. The number of benzene rings is 3. The van der Waals surface area contributed by atoms with Crippen LogP contribution in [0.1, 0.15) is 23.6 Å². The van der Waals surface area contributed by atoms with Crippen LogP contribution in [0.15, 0.2) is 77.7 Å². The molecule has 0 aliphatic carbocycles. The van der Waals surface area contributed by atoms with E-state index in [2.05, 4.69) is 5.32 Å². The molecule has 0 fully saturated rings. The van der Waals surface area contributed by atoms with Crippen molar-refractivity contribution < 1.29 is 22.7 Å². The van der Waals surface area contributed by atoms with Gasteiger partial charge in [0.2, 0.25) is 11.8 Å². The van der Waals surface area contributed by atoms with Crippen molar-refractivity contribution >= 4 is 27.5 Å². The van der Waals surface area contributed by atoms with Gasteiger partial charge in [-0.25, -0.2) is 8.42 Å². The zero-order valence-electron chi connectivity index (χ0n) is 21.8. The van der Waals surface area contributed by atoms with Crippen LogP contribution in [0, 0.1) is 13.8 Å². The normalized spacial score (nSPS) is 11.9. The van der Waals surface area contributed by atoms with Gasteiger partial charge in [0.1, 0.15) is 18.3 Å². The highest BCUT2D eigenvalue weighted by atomic mass is 32.2. The molecule has 196 valence electrons. The van der Waals surface area contributed by atoms with E-state index in [9.17, 15) is 18.0 Å². The molecular formula is C28H33N3O5S. The first kappa shape index (κ1) is 27.7. The molecule has 37 heavy (non-hydrogen) atoms. The number of likely N-dealkylation sites (N-methyl/N-ethyl adjacent to an activating group) is 1. The number of anilines is 1. The maximum Gasteiger partial charge on any atom is 0.264 e. The summed E-state index contributed by atoms with van der Waals surface area (Å²) in [5.41, 5.74) is 2.75. The first-order valence-corrected chi connectivity index (χ1v) is 13.3. The van der Waals surface area contributed by atoms with Gasteiger partial charge in [0.15, 0.2) is 0 Å². The third-order valence-electron chi connectivity index (χ3n) is 6.17. The molecule has 3 aromatic rings. The van der Waals surface area contributed by atoms with Crippen molar-refractivity contribution in [3.8, 4) is 5.75 Å². The molecule has 3 rings (SSSR count). The van der Waals surface area contributed by atoms with Crippen LogP contribution < -0.4 is 14.4 Å². The second-order valence-electron chi connectivity index (χ2n) is 8.77. The van der Waals surface area contributed by atoms with Crippen molar-refractivity contribution in [3.63, 3.8) is 0 Å². The van der Waals surface area contributed by atoms with E-state index in [0.29, 0.717) is 17.0 Å². The second-order valence-corrected chi connectivity index (χ2v) is 10.6. The van der Waals surface area contributed by atoms with Crippen LogP contribution >= 0.6 is 0 Å². The van der Waals surface area contributed by atoms with Gasteiger partial charge in [0, 0.05) is 13.6 Å². The van der Waals surface area contributed by atoms with Crippen LogP contribution in [0.25, 0.3) is 0 Å². The minimum Gasteiger partial charge on any atom is -0.497 e. The summed E-state index contributed by atoms with van der Waals surface area (Å²) in [7, 11) is -1.05. The van der Waals surface area contributed by atoms with E-state index in [-0.39, 0.29) is 17.3 Å². The molecule has 8 nitrogen and oxygen atoms in total. The number of ether oxygens (including phenoxy) is 1. The number of methoxy groups -OCH3 is 1. The molecule has 1 N–H and O–H groups in total. The fourth-order valence-corrected chi connectivity index (χ4v) is 5.43. The van der Waals surface area contributed by atoms with Gasteiger partial charge < -0.3 is 15.0 Å².